The molecular weight excluding hydrogens is 416 g/mol. The number of furan rings is 1. The molecule has 0 aliphatic carbocycles. The summed E-state index contributed by atoms with van der Waals surface area (Å²) in [5, 5.41) is 12.6. The van der Waals surface area contributed by atoms with Gasteiger partial charge in [-0.25, -0.2) is 4.99 Å². The Balaban J connectivity index is 1.53. The normalized spacial score (nSPS) is 22.3. The van der Waals surface area contributed by atoms with Gasteiger partial charge in [0.15, 0.2) is 5.17 Å². The second-order valence-corrected chi connectivity index (χ2v) is 8.89. The highest BCUT2D eigenvalue weighted by molar-refractivity contribution is 8.14. The van der Waals surface area contributed by atoms with Crippen LogP contribution in [0.15, 0.2) is 64.1 Å². The Morgan fingerprint density at radius 2 is 2.13 bits per heavy atom. The van der Waals surface area contributed by atoms with E-state index in [0.29, 0.717) is 22.3 Å². The largest absolute Gasteiger partial charge is 0.496 e. The fourth-order valence-electron chi connectivity index (χ4n) is 4.08. The summed E-state index contributed by atoms with van der Waals surface area (Å²) in [5.41, 5.74) is 1.53. The van der Waals surface area contributed by atoms with Gasteiger partial charge in [0.05, 0.1) is 29.4 Å². The first-order chi connectivity index (χ1) is 15.0. The van der Waals surface area contributed by atoms with Crippen LogP contribution in [-0.4, -0.2) is 38.9 Å². The molecule has 31 heavy (non-hydrogen) atoms. The third-order valence-corrected chi connectivity index (χ3v) is 6.56. The lowest BCUT2D eigenvalue weighted by molar-refractivity contribution is -0.384. The first kappa shape index (κ1) is 19.6. The third kappa shape index (κ3) is 3.44. The number of benzene rings is 1. The number of hydrogen-bond acceptors (Lipinski definition) is 8. The molecule has 9 heteroatoms. The molecule has 8 nitrogen and oxygen atoms in total. The van der Waals surface area contributed by atoms with Crippen molar-refractivity contribution in [2.45, 2.75) is 24.3 Å². The van der Waals surface area contributed by atoms with Crippen molar-refractivity contribution in [3.63, 3.8) is 0 Å². The highest BCUT2D eigenvalue weighted by atomic mass is 32.2. The lowest BCUT2D eigenvalue weighted by Crippen LogP contribution is -2.28. The van der Waals surface area contributed by atoms with Crippen molar-refractivity contribution in [2.24, 2.45) is 4.99 Å². The number of nitro groups is 1. The number of fused-ring (bicyclic) bond motifs is 1. The summed E-state index contributed by atoms with van der Waals surface area (Å²) in [4.78, 5) is 22.4. The van der Waals surface area contributed by atoms with Crippen LogP contribution >= 0.6 is 11.8 Å². The maximum atomic E-state index is 11.1. The monoisotopic (exact) mass is 436 g/mol. The van der Waals surface area contributed by atoms with E-state index in [9.17, 15) is 10.1 Å². The zero-order valence-electron chi connectivity index (χ0n) is 17.0. The fraction of sp³-hybridized carbons (Fsp3) is 0.273. The van der Waals surface area contributed by atoms with Gasteiger partial charge in [-0.05, 0) is 30.3 Å². The molecule has 0 unspecified atom stereocenters. The Kier molecular flexibility index (Phi) is 4.90. The molecule has 1 fully saturated rings. The molecule has 0 spiro atoms. The van der Waals surface area contributed by atoms with Crippen LogP contribution in [0.1, 0.15) is 30.5 Å². The van der Waals surface area contributed by atoms with E-state index in [0.717, 1.165) is 23.2 Å². The van der Waals surface area contributed by atoms with Crippen LogP contribution in [0.4, 0.5) is 5.69 Å². The van der Waals surface area contributed by atoms with E-state index in [4.69, 9.17) is 14.1 Å². The smallest absolute Gasteiger partial charge is 0.273 e. The van der Waals surface area contributed by atoms with E-state index in [2.05, 4.69) is 16.8 Å². The van der Waals surface area contributed by atoms with E-state index < -0.39 is 4.92 Å². The molecule has 2 aromatic heterocycles. The number of ether oxygens (including phenoxy) is 1. The van der Waals surface area contributed by atoms with Gasteiger partial charge in [0.1, 0.15) is 29.4 Å². The lowest BCUT2D eigenvalue weighted by atomic mass is 10.0. The van der Waals surface area contributed by atoms with Gasteiger partial charge in [-0.2, -0.15) is 0 Å². The van der Waals surface area contributed by atoms with Crippen LogP contribution in [-0.2, 0) is 0 Å². The zero-order valence-corrected chi connectivity index (χ0v) is 17.8. The van der Waals surface area contributed by atoms with Crippen LogP contribution in [0.25, 0.3) is 11.3 Å². The van der Waals surface area contributed by atoms with E-state index in [1.807, 2.05) is 30.3 Å². The molecule has 2 aliphatic rings. The molecule has 3 aromatic rings. The van der Waals surface area contributed by atoms with Gasteiger partial charge in [-0.15, -0.1) is 0 Å². The second kappa shape index (κ2) is 7.73. The minimum atomic E-state index is -0.444. The van der Waals surface area contributed by atoms with Gasteiger partial charge in [0, 0.05) is 24.1 Å². The summed E-state index contributed by atoms with van der Waals surface area (Å²) in [7, 11) is 1.49. The predicted octanol–water partition coefficient (Wildman–Crippen LogP) is 4.85. The molecule has 1 aromatic carbocycles. The standard InChI is InChI=1S/C22H20N4O4S/c1-13-12-25-21(20(24-22(25)31-13)16-5-3-4-10-23-16)18-9-8-17(30-18)15-7-6-14(26(27)28)11-19(15)29-2/h3-11,13,20-21H,12H2,1-2H3/t13-,20-,21+/m0/s1. The van der Waals surface area contributed by atoms with Crippen molar-refractivity contribution in [3.05, 3.63) is 76.3 Å². The predicted molar refractivity (Wildman–Crippen MR) is 118 cm³/mol. The topological polar surface area (TPSA) is 94.0 Å². The number of aromatic nitrogens is 1. The number of aliphatic imine (C=N–C) groups is 1. The first-order valence-corrected chi connectivity index (χ1v) is 10.8. The Labute approximate surface area is 183 Å². The molecule has 4 heterocycles. The van der Waals surface area contributed by atoms with Crippen LogP contribution in [0.3, 0.4) is 0 Å². The van der Waals surface area contributed by atoms with Gasteiger partial charge < -0.3 is 14.1 Å². The third-order valence-electron chi connectivity index (χ3n) is 5.46. The van der Waals surface area contributed by atoms with Crippen LogP contribution < -0.4 is 4.74 Å². The van der Waals surface area contributed by atoms with Crippen molar-refractivity contribution in [1.29, 1.82) is 0 Å². The summed E-state index contributed by atoms with van der Waals surface area (Å²) in [5.74, 6) is 1.76. The van der Waals surface area contributed by atoms with Gasteiger partial charge in [-0.3, -0.25) is 15.1 Å². The van der Waals surface area contributed by atoms with E-state index in [1.165, 1.54) is 19.2 Å². The molecule has 2 aliphatic heterocycles. The fourth-order valence-corrected chi connectivity index (χ4v) is 5.17. The van der Waals surface area contributed by atoms with Crippen molar-refractivity contribution < 1.29 is 14.1 Å². The lowest BCUT2D eigenvalue weighted by Gasteiger charge is -2.25. The van der Waals surface area contributed by atoms with Crippen molar-refractivity contribution in [1.82, 2.24) is 9.88 Å². The number of nitro benzene ring substituents is 1. The van der Waals surface area contributed by atoms with Gasteiger partial charge >= 0.3 is 0 Å². The van der Waals surface area contributed by atoms with Gasteiger partial charge in [-0.1, -0.05) is 24.8 Å². The number of rotatable bonds is 5. The summed E-state index contributed by atoms with van der Waals surface area (Å²) in [6, 6.07) is 13.9. The number of thioether (sulfide) groups is 1. The molecule has 0 radical (unpaired) electrons. The Hall–Kier alpha value is -3.33. The van der Waals surface area contributed by atoms with Crippen LogP contribution in [0, 0.1) is 10.1 Å². The maximum Gasteiger partial charge on any atom is 0.273 e. The second-order valence-electron chi connectivity index (χ2n) is 7.48. The molecule has 0 saturated carbocycles. The van der Waals surface area contributed by atoms with Crippen molar-refractivity contribution in [2.75, 3.05) is 13.7 Å². The highest BCUT2D eigenvalue weighted by Crippen LogP contribution is 2.48. The minimum Gasteiger partial charge on any atom is -0.496 e. The molecule has 0 bridgehead atoms. The van der Waals surface area contributed by atoms with Crippen molar-refractivity contribution in [3.8, 4) is 17.1 Å². The molecule has 1 saturated heterocycles. The SMILES string of the molecule is COc1cc([N+](=O)[O-])ccc1-c1ccc([C@@H]2[C@H](c3ccccn3)N=C3S[C@@H](C)CN32)o1. The number of amidine groups is 1. The molecule has 3 atom stereocenters. The Bertz CT molecular complexity index is 1160. The first-order valence-electron chi connectivity index (χ1n) is 9.89. The highest BCUT2D eigenvalue weighted by Gasteiger charge is 2.45. The molecule has 5 rings (SSSR count). The number of nitrogens with zero attached hydrogens (tertiary/aromatic N) is 4. The summed E-state index contributed by atoms with van der Waals surface area (Å²) >= 11 is 1.77. The van der Waals surface area contributed by atoms with E-state index in [1.54, 1.807) is 24.0 Å². The van der Waals surface area contributed by atoms with E-state index >= 15 is 0 Å². The summed E-state index contributed by atoms with van der Waals surface area (Å²) < 4.78 is 11.7. The summed E-state index contributed by atoms with van der Waals surface area (Å²) in [6.45, 7) is 3.07. The Morgan fingerprint density at radius 3 is 2.87 bits per heavy atom. The van der Waals surface area contributed by atoms with Crippen LogP contribution in [0.5, 0.6) is 5.75 Å². The average Bonchev–Trinajstić information content (AvgIpc) is 3.47. The number of pyridine rings is 1. The average molecular weight is 436 g/mol. The quantitative estimate of drug-likeness (QED) is 0.417. The summed E-state index contributed by atoms with van der Waals surface area (Å²) in [6.07, 6.45) is 1.78. The molecular formula is C22H20N4O4S. The molecule has 158 valence electrons. The van der Waals surface area contributed by atoms with Gasteiger partial charge in [0.2, 0.25) is 0 Å². The van der Waals surface area contributed by atoms with E-state index in [-0.39, 0.29) is 17.8 Å². The number of methoxy groups -OCH3 is 1. The molecule has 0 amide bonds. The Morgan fingerprint density at radius 1 is 1.26 bits per heavy atom. The molecule has 0 N–H and O–H groups in total. The maximum absolute atomic E-state index is 11.1. The van der Waals surface area contributed by atoms with Crippen molar-refractivity contribution >= 4 is 22.6 Å². The zero-order chi connectivity index (χ0) is 21.5. The van der Waals surface area contributed by atoms with Crippen LogP contribution in [0.2, 0.25) is 0 Å². The minimum absolute atomic E-state index is 0.0282. The number of hydrogen-bond donors (Lipinski definition) is 0. The number of non-ortho nitro benzene ring substituents is 1. The van der Waals surface area contributed by atoms with Gasteiger partial charge in [0.25, 0.3) is 5.69 Å².